The van der Waals surface area contributed by atoms with E-state index in [1.54, 1.807) is 0 Å². The summed E-state index contributed by atoms with van der Waals surface area (Å²) in [4.78, 5) is 27.6. The van der Waals surface area contributed by atoms with Gasteiger partial charge in [-0.3, -0.25) is 0 Å². The summed E-state index contributed by atoms with van der Waals surface area (Å²) in [6, 6.07) is -1.20. The summed E-state index contributed by atoms with van der Waals surface area (Å²) in [5, 5.41) is -1.50. The molecule has 56 heavy (non-hydrogen) atoms. The highest BCUT2D eigenvalue weighted by molar-refractivity contribution is 7.93. The molecular formula is C38H80N4O10S4. The van der Waals surface area contributed by atoms with Gasteiger partial charge in [0.1, 0.15) is 0 Å². The first-order chi connectivity index (χ1) is 23.9. The molecule has 4 saturated heterocycles. The molecule has 18 heteroatoms. The minimum absolute atomic E-state index is 0. The molecule has 14 nitrogen and oxygen atoms in total. The molecule has 0 bridgehead atoms. The van der Waals surface area contributed by atoms with Gasteiger partial charge >= 0.3 is 0 Å². The third kappa shape index (κ3) is 17.8. The van der Waals surface area contributed by atoms with E-state index in [4.69, 9.17) is 11.5 Å². The van der Waals surface area contributed by atoms with Gasteiger partial charge in [-0.25, -0.2) is 53.2 Å². The second-order valence-corrected chi connectivity index (χ2v) is 25.1. The van der Waals surface area contributed by atoms with Crippen LogP contribution in [0.4, 0.5) is 0 Å². The summed E-state index contributed by atoms with van der Waals surface area (Å²) in [5.74, 6) is 1.76. The van der Waals surface area contributed by atoms with Gasteiger partial charge in [0, 0.05) is 12.1 Å². The summed E-state index contributed by atoms with van der Waals surface area (Å²) in [5.41, 5.74) is 11.6. The average molecular weight is 881 g/mol. The lowest BCUT2D eigenvalue weighted by Crippen LogP contribution is -2.41. The number of sulfone groups is 4. The average Bonchev–Trinajstić information content (AvgIpc) is 3.78. The van der Waals surface area contributed by atoms with Crippen molar-refractivity contribution in [3.05, 3.63) is 0 Å². The Bertz CT molecular complexity index is 1550. The Morgan fingerprint density at radius 3 is 0.786 bits per heavy atom. The number of nitrogens with two attached hydrogens (primary N) is 2. The fourth-order valence-corrected chi connectivity index (χ4v) is 16.0. The van der Waals surface area contributed by atoms with Crippen molar-refractivity contribution < 1.29 is 43.3 Å². The Balaban J connectivity index is -0.000000315. The molecule has 4 heterocycles. The van der Waals surface area contributed by atoms with Crippen molar-refractivity contribution in [2.75, 3.05) is 23.0 Å². The van der Waals surface area contributed by atoms with E-state index in [9.17, 15) is 43.3 Å². The molecule has 0 unspecified atom stereocenters. The van der Waals surface area contributed by atoms with Crippen LogP contribution in [0.3, 0.4) is 0 Å². The van der Waals surface area contributed by atoms with Gasteiger partial charge in [-0.2, -0.15) is 0 Å². The van der Waals surface area contributed by atoms with Crippen molar-refractivity contribution in [1.82, 2.24) is 0 Å². The first-order valence-electron chi connectivity index (χ1n) is 18.4. The molecule has 0 radical (unpaired) electrons. The standard InChI is InChI=1S/2C9H15NO3S.2C8H17NO2S.4CH4/c2*1-7(2)9(10-6-11)8-4-3-5-14(8,12)13;2*1-6(2)8(9)7-4-3-5-12(7,10)11;;;;/h2*7-9H,3-5H2,1-2H3;2*6-8H,3-5,9H2,1-2H3;4*1H4/t8-,9+;8-,9-;7-,8+;7-,8-;;;;/m0000..../s1. The molecule has 0 aromatic rings. The van der Waals surface area contributed by atoms with Crippen molar-refractivity contribution in [2.24, 2.45) is 45.1 Å². The van der Waals surface area contributed by atoms with Crippen LogP contribution in [0.2, 0.25) is 0 Å². The van der Waals surface area contributed by atoms with Crippen molar-refractivity contribution in [3.63, 3.8) is 0 Å². The van der Waals surface area contributed by atoms with E-state index in [2.05, 4.69) is 9.98 Å². The van der Waals surface area contributed by atoms with E-state index >= 15 is 0 Å². The van der Waals surface area contributed by atoms with Crippen molar-refractivity contribution in [2.45, 2.75) is 182 Å². The molecule has 0 spiro atoms. The van der Waals surface area contributed by atoms with E-state index in [1.807, 2.05) is 55.4 Å². The van der Waals surface area contributed by atoms with Gasteiger partial charge in [-0.1, -0.05) is 85.1 Å². The number of nitrogens with zero attached hydrogens (tertiary/aromatic N) is 2. The van der Waals surface area contributed by atoms with Gasteiger partial charge < -0.3 is 11.5 Å². The minimum atomic E-state index is -3.03. The van der Waals surface area contributed by atoms with Crippen LogP contribution < -0.4 is 11.5 Å². The quantitative estimate of drug-likeness (QED) is 0.204. The van der Waals surface area contributed by atoms with Crippen LogP contribution in [0.5, 0.6) is 0 Å². The maximum atomic E-state index is 11.6. The van der Waals surface area contributed by atoms with Crippen LogP contribution in [0.1, 0.15) is 136 Å². The molecule has 0 aliphatic carbocycles. The maximum absolute atomic E-state index is 11.6. The molecule has 4 aliphatic rings. The van der Waals surface area contributed by atoms with E-state index in [0.29, 0.717) is 37.2 Å². The molecule has 0 amide bonds. The van der Waals surface area contributed by atoms with Gasteiger partial charge in [-0.15, -0.1) is 0 Å². The molecule has 0 aromatic heterocycles. The lowest BCUT2D eigenvalue weighted by molar-refractivity contribution is 0.451. The second-order valence-electron chi connectivity index (χ2n) is 15.7. The summed E-state index contributed by atoms with van der Waals surface area (Å²) in [6.07, 6.45) is 8.64. The lowest BCUT2D eigenvalue weighted by atomic mass is 9.99. The topological polar surface area (TPSA) is 247 Å². The number of hydrogen-bond donors (Lipinski definition) is 2. The van der Waals surface area contributed by atoms with Crippen molar-refractivity contribution in [3.8, 4) is 0 Å². The lowest BCUT2D eigenvalue weighted by Gasteiger charge is -2.21. The Morgan fingerprint density at radius 2 is 0.643 bits per heavy atom. The van der Waals surface area contributed by atoms with Crippen LogP contribution in [0, 0.1) is 23.7 Å². The zero-order valence-corrected chi connectivity index (χ0v) is 35.4. The summed E-state index contributed by atoms with van der Waals surface area (Å²) in [6.45, 7) is 15.4. The van der Waals surface area contributed by atoms with Gasteiger partial charge in [0.2, 0.25) is 12.2 Å². The van der Waals surface area contributed by atoms with Crippen LogP contribution in [-0.2, 0) is 48.9 Å². The third-order valence-electron chi connectivity index (χ3n) is 10.4. The smallest absolute Gasteiger partial charge is 0.235 e. The number of carbonyl (C=O) groups excluding carboxylic acids is 2. The summed E-state index contributed by atoms with van der Waals surface area (Å²) in [7, 11) is -11.8. The van der Waals surface area contributed by atoms with Crippen LogP contribution in [0.25, 0.3) is 0 Å². The van der Waals surface area contributed by atoms with Crippen molar-refractivity contribution in [1.29, 1.82) is 0 Å². The van der Waals surface area contributed by atoms with Gasteiger partial charge in [0.25, 0.3) is 0 Å². The molecule has 4 rings (SSSR count). The zero-order valence-electron chi connectivity index (χ0n) is 32.2. The SMILES string of the molecule is C.C.C.C.CC(C)[C@@H](N)[C@@H]1CCCS1(=O)=O.CC(C)[C@@H](N=C=O)[C@@H]1CCCS1(=O)=O.CC(C)[C@H](N)[C@@H]1CCCS1(=O)=O.CC(C)[C@H](N=C=O)[C@@H]1CCCS1(=O)=O. The van der Waals surface area contributed by atoms with E-state index < -0.39 is 61.9 Å². The van der Waals surface area contributed by atoms with Crippen LogP contribution >= 0.6 is 0 Å². The van der Waals surface area contributed by atoms with Crippen LogP contribution in [-0.4, -0.2) is 114 Å². The van der Waals surface area contributed by atoms with E-state index in [-0.39, 0.29) is 87.5 Å². The number of rotatable bonds is 10. The molecule has 4 fully saturated rings. The molecule has 336 valence electrons. The predicted octanol–water partition coefficient (Wildman–Crippen LogP) is 5.49. The Hall–Kier alpha value is -1.52. The van der Waals surface area contributed by atoms with Gasteiger partial charge in [-0.05, 0) is 75.0 Å². The number of isocyanates is 2. The Labute approximate surface area is 343 Å². The van der Waals surface area contributed by atoms with E-state index in [0.717, 1.165) is 25.7 Å². The fraction of sp³-hybridized carbons (Fsp3) is 0.947. The summed E-state index contributed by atoms with van der Waals surface area (Å²) >= 11 is 0. The molecular weight excluding hydrogens is 801 g/mol. The second kappa shape index (κ2) is 26.6. The molecule has 0 saturated carbocycles. The van der Waals surface area contributed by atoms with Gasteiger partial charge in [0.05, 0.1) is 56.1 Å². The molecule has 4 N–H and O–H groups in total. The number of aliphatic imine (C=N–C) groups is 2. The summed E-state index contributed by atoms with van der Waals surface area (Å²) < 4.78 is 92.1. The largest absolute Gasteiger partial charge is 0.326 e. The predicted molar refractivity (Wildman–Crippen MR) is 233 cm³/mol. The maximum Gasteiger partial charge on any atom is 0.235 e. The first-order valence-corrected chi connectivity index (χ1v) is 25.2. The normalized spacial score (nSPS) is 26.8. The highest BCUT2D eigenvalue weighted by Gasteiger charge is 2.41. The third-order valence-corrected chi connectivity index (χ3v) is 19.7. The monoisotopic (exact) mass is 880 g/mol. The highest BCUT2D eigenvalue weighted by atomic mass is 32.2. The van der Waals surface area contributed by atoms with Crippen LogP contribution in [0.15, 0.2) is 9.98 Å². The fourth-order valence-electron chi connectivity index (χ4n) is 7.20. The first kappa shape index (κ1) is 61.1. The molecule has 0 aromatic carbocycles. The van der Waals surface area contributed by atoms with Gasteiger partial charge in [0.15, 0.2) is 39.3 Å². The zero-order chi connectivity index (χ0) is 40.2. The highest BCUT2D eigenvalue weighted by Crippen LogP contribution is 2.30. The molecule has 8 atom stereocenters. The Kier molecular flexibility index (Phi) is 29.0. The molecule has 4 aliphatic heterocycles. The minimum Gasteiger partial charge on any atom is -0.326 e. The van der Waals surface area contributed by atoms with Crippen molar-refractivity contribution >= 4 is 51.5 Å². The number of hydrogen-bond acceptors (Lipinski definition) is 14. The van der Waals surface area contributed by atoms with E-state index in [1.165, 1.54) is 12.2 Å². The Morgan fingerprint density at radius 1 is 0.429 bits per heavy atom.